The number of fused-ring (bicyclic) bond motifs is 1. The summed E-state index contributed by atoms with van der Waals surface area (Å²) < 4.78 is 13.3. The average molecular weight is 432 g/mol. The largest absolute Gasteiger partial charge is 0.334 e. The van der Waals surface area contributed by atoms with E-state index in [1.54, 1.807) is 36.0 Å². The number of carbonyl (C=O) groups is 2. The molecule has 1 unspecified atom stereocenters. The van der Waals surface area contributed by atoms with Gasteiger partial charge < -0.3 is 10.6 Å². The molecule has 1 atom stereocenters. The molecule has 0 spiro atoms. The number of urea groups is 1. The summed E-state index contributed by atoms with van der Waals surface area (Å²) in [7, 11) is 0. The molecular weight excluding hydrogens is 411 g/mol. The SMILES string of the molecule is O=C(NCC1=CCC(C(=O)NO)C(c2ccc(F)cc2)=C1)Nc1cccc2cccnc12. The van der Waals surface area contributed by atoms with Gasteiger partial charge in [0.2, 0.25) is 0 Å². The maximum Gasteiger partial charge on any atom is 0.319 e. The zero-order chi connectivity index (χ0) is 22.5. The zero-order valence-electron chi connectivity index (χ0n) is 17.0. The molecule has 0 fully saturated rings. The van der Waals surface area contributed by atoms with Gasteiger partial charge in [0.25, 0.3) is 5.91 Å². The molecule has 4 rings (SSSR count). The normalized spacial score (nSPS) is 15.5. The van der Waals surface area contributed by atoms with Crippen molar-refractivity contribution in [1.29, 1.82) is 0 Å². The number of anilines is 1. The van der Waals surface area contributed by atoms with E-state index in [4.69, 9.17) is 5.21 Å². The van der Waals surface area contributed by atoms with Gasteiger partial charge >= 0.3 is 6.03 Å². The van der Waals surface area contributed by atoms with Crippen LogP contribution < -0.4 is 16.1 Å². The van der Waals surface area contributed by atoms with Crippen LogP contribution in [-0.4, -0.2) is 28.7 Å². The lowest BCUT2D eigenvalue weighted by molar-refractivity contribution is -0.131. The van der Waals surface area contributed by atoms with Gasteiger partial charge in [0.15, 0.2) is 0 Å². The summed E-state index contributed by atoms with van der Waals surface area (Å²) in [5.74, 6) is -1.56. The molecule has 162 valence electrons. The molecule has 0 bridgehead atoms. The quantitative estimate of drug-likeness (QED) is 0.361. The molecule has 4 N–H and O–H groups in total. The van der Waals surface area contributed by atoms with Crippen LogP contribution >= 0.6 is 0 Å². The summed E-state index contributed by atoms with van der Waals surface area (Å²) in [5.41, 5.74) is 5.06. The second-order valence-corrected chi connectivity index (χ2v) is 7.34. The van der Waals surface area contributed by atoms with Crippen LogP contribution in [0.4, 0.5) is 14.9 Å². The molecule has 32 heavy (non-hydrogen) atoms. The van der Waals surface area contributed by atoms with E-state index in [1.807, 2.05) is 30.3 Å². The van der Waals surface area contributed by atoms with Crippen LogP contribution in [0.3, 0.4) is 0 Å². The Bertz CT molecular complexity index is 1220. The highest BCUT2D eigenvalue weighted by Gasteiger charge is 2.26. The van der Waals surface area contributed by atoms with Crippen LogP contribution in [0.25, 0.3) is 16.5 Å². The monoisotopic (exact) mass is 432 g/mol. The van der Waals surface area contributed by atoms with Crippen molar-refractivity contribution in [3.8, 4) is 0 Å². The predicted molar refractivity (Wildman–Crippen MR) is 119 cm³/mol. The van der Waals surface area contributed by atoms with Gasteiger partial charge in [-0.25, -0.2) is 14.7 Å². The van der Waals surface area contributed by atoms with E-state index < -0.39 is 17.9 Å². The maximum absolute atomic E-state index is 13.3. The lowest BCUT2D eigenvalue weighted by Crippen LogP contribution is -2.32. The Kier molecular flexibility index (Phi) is 6.23. The van der Waals surface area contributed by atoms with E-state index in [0.29, 0.717) is 28.8 Å². The van der Waals surface area contributed by atoms with Crippen molar-refractivity contribution in [2.45, 2.75) is 6.42 Å². The van der Waals surface area contributed by atoms with E-state index in [-0.39, 0.29) is 12.4 Å². The fourth-order valence-corrected chi connectivity index (χ4v) is 3.69. The molecule has 3 amide bonds. The minimum atomic E-state index is -0.621. The number of nitrogens with one attached hydrogen (secondary N) is 3. The van der Waals surface area contributed by atoms with E-state index in [1.165, 1.54) is 12.1 Å². The number of nitrogens with zero attached hydrogens (tertiary/aromatic N) is 1. The summed E-state index contributed by atoms with van der Waals surface area (Å²) in [5, 5.41) is 15.6. The minimum Gasteiger partial charge on any atom is -0.334 e. The smallest absolute Gasteiger partial charge is 0.319 e. The molecule has 1 aliphatic carbocycles. The van der Waals surface area contributed by atoms with Gasteiger partial charge in [-0.05, 0) is 47.4 Å². The van der Waals surface area contributed by atoms with Gasteiger partial charge in [-0.15, -0.1) is 0 Å². The standard InChI is InChI=1S/C24H21FN4O3/c25-18-9-7-16(8-10-18)20-13-15(6-11-19(20)23(30)29-32)14-27-24(31)28-21-5-1-3-17-4-2-12-26-22(17)21/h1-10,12-13,19,32H,11,14H2,(H,29,30)(H2,27,28,31). The molecule has 0 radical (unpaired) electrons. The Morgan fingerprint density at radius 1 is 1.09 bits per heavy atom. The second kappa shape index (κ2) is 9.40. The number of hydrogen-bond donors (Lipinski definition) is 4. The Morgan fingerprint density at radius 2 is 1.88 bits per heavy atom. The molecule has 0 aliphatic heterocycles. The fraction of sp³-hybridized carbons (Fsp3) is 0.125. The number of para-hydroxylation sites is 1. The highest BCUT2D eigenvalue weighted by molar-refractivity contribution is 5.99. The van der Waals surface area contributed by atoms with Gasteiger partial charge in [-0.3, -0.25) is 15.0 Å². The number of hydroxylamine groups is 1. The van der Waals surface area contributed by atoms with Crippen LogP contribution in [0.2, 0.25) is 0 Å². The first-order valence-electron chi connectivity index (χ1n) is 10.0. The molecule has 0 saturated heterocycles. The maximum atomic E-state index is 13.3. The van der Waals surface area contributed by atoms with Crippen molar-refractivity contribution in [1.82, 2.24) is 15.8 Å². The van der Waals surface area contributed by atoms with Crippen LogP contribution in [0, 0.1) is 11.7 Å². The van der Waals surface area contributed by atoms with E-state index in [9.17, 15) is 14.0 Å². The summed E-state index contributed by atoms with van der Waals surface area (Å²) in [6.07, 6.45) is 5.60. The van der Waals surface area contributed by atoms with Gasteiger partial charge in [0.1, 0.15) is 5.82 Å². The summed E-state index contributed by atoms with van der Waals surface area (Å²) in [4.78, 5) is 28.9. The fourth-order valence-electron chi connectivity index (χ4n) is 3.69. The number of carbonyl (C=O) groups excluding carboxylic acids is 2. The third-order valence-electron chi connectivity index (χ3n) is 5.27. The minimum absolute atomic E-state index is 0.224. The Morgan fingerprint density at radius 3 is 2.66 bits per heavy atom. The molecule has 1 heterocycles. The predicted octanol–water partition coefficient (Wildman–Crippen LogP) is 4.03. The van der Waals surface area contributed by atoms with Crippen molar-refractivity contribution in [3.63, 3.8) is 0 Å². The first-order chi connectivity index (χ1) is 15.5. The Balaban J connectivity index is 1.47. The van der Waals surface area contributed by atoms with Gasteiger partial charge in [0, 0.05) is 18.1 Å². The van der Waals surface area contributed by atoms with Crippen LogP contribution in [-0.2, 0) is 4.79 Å². The molecule has 0 saturated carbocycles. The molecule has 3 aromatic rings. The van der Waals surface area contributed by atoms with E-state index >= 15 is 0 Å². The van der Waals surface area contributed by atoms with Gasteiger partial charge in [0.05, 0.1) is 17.1 Å². The third-order valence-corrected chi connectivity index (χ3v) is 5.27. The Labute approximate surface area is 183 Å². The molecule has 7 nitrogen and oxygen atoms in total. The average Bonchev–Trinajstić information content (AvgIpc) is 2.83. The lowest BCUT2D eigenvalue weighted by atomic mass is 9.83. The first kappa shape index (κ1) is 21.2. The third kappa shape index (κ3) is 4.65. The van der Waals surface area contributed by atoms with Crippen LogP contribution in [0.1, 0.15) is 12.0 Å². The second-order valence-electron chi connectivity index (χ2n) is 7.34. The number of hydrogen-bond acceptors (Lipinski definition) is 4. The van der Waals surface area contributed by atoms with Gasteiger partial charge in [-0.2, -0.15) is 0 Å². The van der Waals surface area contributed by atoms with Crippen molar-refractivity contribution in [2.24, 2.45) is 5.92 Å². The number of allylic oxidation sites excluding steroid dienone is 1. The van der Waals surface area contributed by atoms with E-state index in [0.717, 1.165) is 11.0 Å². The molecular formula is C24H21FN4O3. The number of pyridine rings is 1. The van der Waals surface area contributed by atoms with Crippen molar-refractivity contribution in [3.05, 3.63) is 89.9 Å². The van der Waals surface area contributed by atoms with Crippen LogP contribution in [0.5, 0.6) is 0 Å². The highest BCUT2D eigenvalue weighted by atomic mass is 19.1. The number of halogens is 1. The lowest BCUT2D eigenvalue weighted by Gasteiger charge is -2.23. The summed E-state index contributed by atoms with van der Waals surface area (Å²) in [6.45, 7) is 0.224. The van der Waals surface area contributed by atoms with Gasteiger partial charge in [-0.1, -0.05) is 42.5 Å². The summed E-state index contributed by atoms with van der Waals surface area (Å²) >= 11 is 0. The zero-order valence-corrected chi connectivity index (χ0v) is 17.0. The van der Waals surface area contributed by atoms with Crippen molar-refractivity contribution < 1.29 is 19.2 Å². The topological polar surface area (TPSA) is 103 Å². The van der Waals surface area contributed by atoms with Crippen molar-refractivity contribution in [2.75, 3.05) is 11.9 Å². The number of aromatic nitrogens is 1. The Hall–Kier alpha value is -4.04. The highest BCUT2D eigenvalue weighted by Crippen LogP contribution is 2.32. The number of amides is 3. The molecule has 2 aromatic carbocycles. The van der Waals surface area contributed by atoms with Crippen molar-refractivity contribution >= 4 is 34.1 Å². The van der Waals surface area contributed by atoms with E-state index in [2.05, 4.69) is 15.6 Å². The number of benzene rings is 2. The number of rotatable bonds is 5. The molecule has 8 heteroatoms. The molecule has 1 aromatic heterocycles. The first-order valence-corrected chi connectivity index (χ1v) is 10.0. The van der Waals surface area contributed by atoms with Crippen LogP contribution in [0.15, 0.2) is 78.5 Å². The summed E-state index contributed by atoms with van der Waals surface area (Å²) in [6, 6.07) is 14.7. The molecule has 1 aliphatic rings.